The second-order valence-corrected chi connectivity index (χ2v) is 5.13. The van der Waals surface area contributed by atoms with Gasteiger partial charge in [0.25, 0.3) is 0 Å². The van der Waals surface area contributed by atoms with Crippen LogP contribution in [0.4, 0.5) is 0 Å². The van der Waals surface area contributed by atoms with Crippen LogP contribution in [-0.4, -0.2) is 0 Å². The van der Waals surface area contributed by atoms with E-state index in [1.54, 1.807) is 11.1 Å². The molecule has 1 aliphatic carbocycles. The van der Waals surface area contributed by atoms with E-state index in [0.29, 0.717) is 0 Å². The van der Waals surface area contributed by atoms with Crippen molar-refractivity contribution in [1.29, 1.82) is 0 Å². The monoisotopic (exact) mass is 234 g/mol. The average molecular weight is 234 g/mol. The normalized spacial score (nSPS) is 12.1. The fraction of sp³-hybridized carbons (Fsp3) is 0.647. The van der Waals surface area contributed by atoms with Crippen molar-refractivity contribution in [3.05, 3.63) is 35.4 Å². The van der Waals surface area contributed by atoms with Crippen molar-refractivity contribution in [2.45, 2.75) is 66.7 Å². The van der Waals surface area contributed by atoms with E-state index in [9.17, 15) is 0 Å². The van der Waals surface area contributed by atoms with Crippen molar-refractivity contribution in [2.75, 3.05) is 0 Å². The third-order valence-corrected chi connectivity index (χ3v) is 2.83. The molecule has 0 heterocycles. The van der Waals surface area contributed by atoms with Crippen molar-refractivity contribution >= 4 is 0 Å². The fourth-order valence-electron chi connectivity index (χ4n) is 1.51. The summed E-state index contributed by atoms with van der Waals surface area (Å²) in [5.41, 5.74) is 3.13. The fourth-order valence-corrected chi connectivity index (χ4v) is 1.51. The molecule has 0 aromatic heterocycles. The molecule has 0 bridgehead atoms. The Morgan fingerprint density at radius 3 is 1.59 bits per heavy atom. The Morgan fingerprint density at radius 1 is 0.941 bits per heavy atom. The maximum absolute atomic E-state index is 2.24. The van der Waals surface area contributed by atoms with Crippen molar-refractivity contribution in [2.24, 2.45) is 5.92 Å². The summed E-state index contributed by atoms with van der Waals surface area (Å²) in [6.45, 7) is 10.9. The highest BCUT2D eigenvalue weighted by Gasteiger charge is 2.07. The minimum atomic E-state index is 0.884. The van der Waals surface area contributed by atoms with Crippen molar-refractivity contribution in [3.8, 4) is 0 Å². The number of hydrogen-bond donors (Lipinski definition) is 0. The lowest BCUT2D eigenvalue weighted by molar-refractivity contribution is 0.626. The molecule has 0 spiro atoms. The van der Waals surface area contributed by atoms with Gasteiger partial charge in [-0.1, -0.05) is 71.7 Å². The zero-order chi connectivity index (χ0) is 13.1. The van der Waals surface area contributed by atoms with Crippen molar-refractivity contribution in [3.63, 3.8) is 0 Å². The first kappa shape index (κ1) is 16.2. The van der Waals surface area contributed by atoms with Crippen LogP contribution in [0.15, 0.2) is 24.3 Å². The van der Waals surface area contributed by atoms with E-state index in [4.69, 9.17) is 0 Å². The van der Waals surface area contributed by atoms with Crippen LogP contribution in [0.1, 0.15) is 65.0 Å². The summed E-state index contributed by atoms with van der Waals surface area (Å²) in [7, 11) is 0. The van der Waals surface area contributed by atoms with E-state index in [2.05, 4.69) is 58.9 Å². The lowest BCUT2D eigenvalue weighted by atomic mass is 10.1. The molecule has 0 fully saturated rings. The molecule has 98 valence electrons. The lowest BCUT2D eigenvalue weighted by Gasteiger charge is -1.93. The number of hydrogen-bond acceptors (Lipinski definition) is 0. The van der Waals surface area contributed by atoms with Crippen LogP contribution in [-0.2, 0) is 12.8 Å². The highest BCUT2D eigenvalue weighted by atomic mass is 14.1. The molecular weight excluding hydrogens is 204 g/mol. The molecule has 0 amide bonds. The Labute approximate surface area is 108 Å². The Balaban J connectivity index is 0.000000276. The first-order chi connectivity index (χ1) is 8.15. The zero-order valence-corrected chi connectivity index (χ0v) is 12.4. The standard InChI is InChI=1S/C9H10.C5H12.C3H8/c1-2-5-9-7-3-6-8(9)4-1;1-4-5(2)3;1-3-2/h1-2,4-5H,3,6-7H2;5H,4H2,1-3H3;3H2,1-2H3. The van der Waals surface area contributed by atoms with Crippen LogP contribution in [0.25, 0.3) is 0 Å². The van der Waals surface area contributed by atoms with Crippen LogP contribution in [0.2, 0.25) is 0 Å². The number of fused-ring (bicyclic) bond motifs is 1. The summed E-state index contributed by atoms with van der Waals surface area (Å²) in [6, 6.07) is 8.74. The molecule has 0 heteroatoms. The molecule has 0 nitrogen and oxygen atoms in total. The van der Waals surface area contributed by atoms with Gasteiger partial charge in [-0.3, -0.25) is 0 Å². The van der Waals surface area contributed by atoms with Gasteiger partial charge >= 0.3 is 0 Å². The largest absolute Gasteiger partial charge is 0.0656 e. The van der Waals surface area contributed by atoms with E-state index in [1.807, 2.05) is 0 Å². The molecule has 0 saturated carbocycles. The van der Waals surface area contributed by atoms with E-state index >= 15 is 0 Å². The predicted molar refractivity (Wildman–Crippen MR) is 79.6 cm³/mol. The van der Waals surface area contributed by atoms with E-state index in [1.165, 1.54) is 32.1 Å². The second-order valence-electron chi connectivity index (χ2n) is 5.13. The Bertz CT molecular complexity index is 250. The SMILES string of the molecule is CCC.CCC(C)C.c1ccc2c(c1)CCC2. The molecule has 1 aromatic carbocycles. The van der Waals surface area contributed by atoms with Gasteiger partial charge in [0.2, 0.25) is 0 Å². The smallest absolute Gasteiger partial charge is 0.0273 e. The van der Waals surface area contributed by atoms with E-state index < -0.39 is 0 Å². The van der Waals surface area contributed by atoms with Gasteiger partial charge in [-0.05, 0) is 36.3 Å². The number of aryl methyl sites for hydroxylation is 2. The van der Waals surface area contributed by atoms with Crippen LogP contribution < -0.4 is 0 Å². The Hall–Kier alpha value is -0.780. The molecule has 1 aromatic rings. The predicted octanol–water partition coefficient (Wildman–Crippen LogP) is 5.64. The first-order valence-corrected chi connectivity index (χ1v) is 7.22. The summed E-state index contributed by atoms with van der Waals surface area (Å²) in [5.74, 6) is 0.884. The van der Waals surface area contributed by atoms with Gasteiger partial charge in [-0.15, -0.1) is 0 Å². The minimum absolute atomic E-state index is 0.884. The Kier molecular flexibility index (Phi) is 9.90. The molecule has 0 saturated heterocycles. The van der Waals surface area contributed by atoms with Crippen LogP contribution >= 0.6 is 0 Å². The molecule has 1 aliphatic rings. The molecule has 0 aliphatic heterocycles. The van der Waals surface area contributed by atoms with Crippen molar-refractivity contribution in [1.82, 2.24) is 0 Å². The zero-order valence-electron chi connectivity index (χ0n) is 12.4. The van der Waals surface area contributed by atoms with Gasteiger partial charge in [-0.2, -0.15) is 0 Å². The van der Waals surface area contributed by atoms with Gasteiger partial charge in [0.05, 0.1) is 0 Å². The van der Waals surface area contributed by atoms with Gasteiger partial charge in [-0.25, -0.2) is 0 Å². The lowest BCUT2D eigenvalue weighted by Crippen LogP contribution is -1.77. The third kappa shape index (κ3) is 8.01. The van der Waals surface area contributed by atoms with Crippen LogP contribution in [0.3, 0.4) is 0 Å². The highest BCUT2D eigenvalue weighted by molar-refractivity contribution is 5.30. The topological polar surface area (TPSA) is 0 Å². The minimum Gasteiger partial charge on any atom is -0.0656 e. The molecule has 17 heavy (non-hydrogen) atoms. The first-order valence-electron chi connectivity index (χ1n) is 7.22. The van der Waals surface area contributed by atoms with Crippen molar-refractivity contribution < 1.29 is 0 Å². The molecule has 0 radical (unpaired) electrons. The van der Waals surface area contributed by atoms with E-state index in [0.717, 1.165) is 5.92 Å². The Morgan fingerprint density at radius 2 is 1.29 bits per heavy atom. The average Bonchev–Trinajstić information content (AvgIpc) is 2.78. The maximum Gasteiger partial charge on any atom is -0.0273 e. The van der Waals surface area contributed by atoms with Gasteiger partial charge < -0.3 is 0 Å². The quantitative estimate of drug-likeness (QED) is 0.589. The summed E-state index contributed by atoms with van der Waals surface area (Å²) in [4.78, 5) is 0. The van der Waals surface area contributed by atoms with Crippen LogP contribution in [0.5, 0.6) is 0 Å². The number of rotatable bonds is 1. The molecule has 0 unspecified atom stereocenters. The number of benzene rings is 1. The second kappa shape index (κ2) is 10.4. The summed E-state index contributed by atoms with van der Waals surface area (Å²) in [5, 5.41) is 0. The van der Waals surface area contributed by atoms with Crippen LogP contribution in [0, 0.1) is 5.92 Å². The maximum atomic E-state index is 2.24. The summed E-state index contributed by atoms with van der Waals surface area (Å²) in [6.07, 6.45) is 6.52. The molecule has 2 rings (SSSR count). The van der Waals surface area contributed by atoms with Gasteiger partial charge in [0.15, 0.2) is 0 Å². The van der Waals surface area contributed by atoms with Gasteiger partial charge in [0.1, 0.15) is 0 Å². The molecule has 0 N–H and O–H groups in total. The molecule has 0 atom stereocenters. The van der Waals surface area contributed by atoms with E-state index in [-0.39, 0.29) is 0 Å². The third-order valence-electron chi connectivity index (χ3n) is 2.83. The summed E-state index contributed by atoms with van der Waals surface area (Å²) < 4.78 is 0. The summed E-state index contributed by atoms with van der Waals surface area (Å²) >= 11 is 0. The highest BCUT2D eigenvalue weighted by Crippen LogP contribution is 2.20. The van der Waals surface area contributed by atoms with Gasteiger partial charge in [0, 0.05) is 0 Å². The molecular formula is C17H30.